The summed E-state index contributed by atoms with van der Waals surface area (Å²) in [7, 11) is 0. The summed E-state index contributed by atoms with van der Waals surface area (Å²) in [6, 6.07) is 30.6. The van der Waals surface area contributed by atoms with E-state index < -0.39 is 0 Å². The van der Waals surface area contributed by atoms with Crippen LogP contribution >= 0.6 is 31.9 Å². The van der Waals surface area contributed by atoms with Crippen LogP contribution in [-0.2, 0) is 0 Å². The zero-order chi connectivity index (χ0) is 17.7. The molecule has 0 saturated carbocycles. The minimum Gasteiger partial charge on any atom is -0.0616 e. The van der Waals surface area contributed by atoms with Crippen molar-refractivity contribution in [2.24, 2.45) is 0 Å². The van der Waals surface area contributed by atoms with E-state index in [0.717, 1.165) is 8.95 Å². The molecule has 0 aliphatic carbocycles. The summed E-state index contributed by atoms with van der Waals surface area (Å²) in [5.74, 6) is 0. The molecule has 5 rings (SSSR count). The first-order valence-corrected chi connectivity index (χ1v) is 10.1. The highest BCUT2D eigenvalue weighted by Crippen LogP contribution is 2.39. The highest BCUT2D eigenvalue weighted by molar-refractivity contribution is 9.10. The maximum atomic E-state index is 3.65. The molecule has 5 aromatic carbocycles. The molecule has 0 radical (unpaired) electrons. The SMILES string of the molecule is Brc1ccc2c(-c3ccc4ccccc4c3)c3cc(Br)ccc3cc2c1. The van der Waals surface area contributed by atoms with E-state index in [2.05, 4.69) is 117 Å². The predicted octanol–water partition coefficient (Wildman–Crippen LogP) is 8.34. The maximum absolute atomic E-state index is 3.65. The zero-order valence-electron chi connectivity index (χ0n) is 13.8. The smallest absolute Gasteiger partial charge is 0.0181 e. The van der Waals surface area contributed by atoms with Crippen LogP contribution in [0.15, 0.2) is 93.9 Å². The third kappa shape index (κ3) is 2.65. The molecule has 26 heavy (non-hydrogen) atoms. The van der Waals surface area contributed by atoms with Gasteiger partial charge in [-0.05, 0) is 79.8 Å². The van der Waals surface area contributed by atoms with Crippen LogP contribution in [0, 0.1) is 0 Å². The predicted molar refractivity (Wildman–Crippen MR) is 120 cm³/mol. The van der Waals surface area contributed by atoms with Gasteiger partial charge in [-0.1, -0.05) is 80.4 Å². The van der Waals surface area contributed by atoms with Gasteiger partial charge in [-0.2, -0.15) is 0 Å². The largest absolute Gasteiger partial charge is 0.0616 e. The van der Waals surface area contributed by atoms with Crippen molar-refractivity contribution in [1.82, 2.24) is 0 Å². The molecular formula is C24H14Br2. The summed E-state index contributed by atoms with van der Waals surface area (Å²) in [5.41, 5.74) is 2.54. The summed E-state index contributed by atoms with van der Waals surface area (Å²) < 4.78 is 2.20. The molecule has 0 spiro atoms. The second kappa shape index (κ2) is 6.22. The van der Waals surface area contributed by atoms with Crippen LogP contribution in [0.3, 0.4) is 0 Å². The third-order valence-corrected chi connectivity index (χ3v) is 5.90. The first-order chi connectivity index (χ1) is 12.7. The van der Waals surface area contributed by atoms with Crippen molar-refractivity contribution >= 4 is 64.2 Å². The topological polar surface area (TPSA) is 0 Å². The van der Waals surface area contributed by atoms with Gasteiger partial charge in [0.15, 0.2) is 0 Å². The first kappa shape index (κ1) is 16.0. The average Bonchev–Trinajstić information content (AvgIpc) is 2.66. The van der Waals surface area contributed by atoms with Gasteiger partial charge in [-0.15, -0.1) is 0 Å². The second-order valence-electron chi connectivity index (χ2n) is 6.54. The van der Waals surface area contributed by atoms with Crippen molar-refractivity contribution in [2.75, 3.05) is 0 Å². The Morgan fingerprint density at radius 2 is 1.19 bits per heavy atom. The summed E-state index contributed by atoms with van der Waals surface area (Å²) in [4.78, 5) is 0. The number of rotatable bonds is 1. The van der Waals surface area contributed by atoms with Crippen LogP contribution in [0.5, 0.6) is 0 Å². The maximum Gasteiger partial charge on any atom is 0.0181 e. The van der Waals surface area contributed by atoms with Gasteiger partial charge in [-0.25, -0.2) is 0 Å². The Hall–Kier alpha value is -2.16. The van der Waals surface area contributed by atoms with Crippen molar-refractivity contribution in [3.05, 3.63) is 93.9 Å². The molecule has 0 bridgehead atoms. The van der Waals surface area contributed by atoms with Gasteiger partial charge in [-0.3, -0.25) is 0 Å². The van der Waals surface area contributed by atoms with Gasteiger partial charge in [0.1, 0.15) is 0 Å². The molecule has 0 atom stereocenters. The second-order valence-corrected chi connectivity index (χ2v) is 8.38. The summed E-state index contributed by atoms with van der Waals surface area (Å²) >= 11 is 7.26. The molecule has 0 nitrogen and oxygen atoms in total. The Bertz CT molecular complexity index is 1300. The van der Waals surface area contributed by atoms with Crippen LogP contribution in [0.2, 0.25) is 0 Å². The van der Waals surface area contributed by atoms with Gasteiger partial charge < -0.3 is 0 Å². The normalized spacial score (nSPS) is 11.5. The molecule has 0 aliphatic rings. The fourth-order valence-electron chi connectivity index (χ4n) is 3.72. The molecule has 0 fully saturated rings. The first-order valence-electron chi connectivity index (χ1n) is 8.50. The molecule has 2 heteroatoms. The van der Waals surface area contributed by atoms with E-state index in [-0.39, 0.29) is 0 Å². The molecule has 0 unspecified atom stereocenters. The molecular weight excluding hydrogens is 448 g/mol. The molecule has 0 heterocycles. The summed E-state index contributed by atoms with van der Waals surface area (Å²) in [6.45, 7) is 0. The number of hydrogen-bond donors (Lipinski definition) is 0. The lowest BCUT2D eigenvalue weighted by Gasteiger charge is -2.14. The van der Waals surface area contributed by atoms with Gasteiger partial charge in [0.25, 0.3) is 0 Å². The van der Waals surface area contributed by atoms with Crippen molar-refractivity contribution in [1.29, 1.82) is 0 Å². The number of halogens is 2. The van der Waals surface area contributed by atoms with Crippen molar-refractivity contribution in [2.45, 2.75) is 0 Å². The molecule has 0 saturated heterocycles. The number of hydrogen-bond acceptors (Lipinski definition) is 0. The fraction of sp³-hybridized carbons (Fsp3) is 0. The van der Waals surface area contributed by atoms with E-state index in [4.69, 9.17) is 0 Å². The number of fused-ring (bicyclic) bond motifs is 3. The van der Waals surface area contributed by atoms with Gasteiger partial charge in [0, 0.05) is 8.95 Å². The Balaban J connectivity index is 1.95. The molecule has 5 aromatic rings. The van der Waals surface area contributed by atoms with E-state index in [1.54, 1.807) is 0 Å². The van der Waals surface area contributed by atoms with Crippen molar-refractivity contribution in [3.63, 3.8) is 0 Å². The molecule has 124 valence electrons. The van der Waals surface area contributed by atoms with Crippen LogP contribution in [0.1, 0.15) is 0 Å². The zero-order valence-corrected chi connectivity index (χ0v) is 17.0. The highest BCUT2D eigenvalue weighted by Gasteiger charge is 2.11. The summed E-state index contributed by atoms with van der Waals surface area (Å²) in [6.07, 6.45) is 0. The van der Waals surface area contributed by atoms with E-state index in [9.17, 15) is 0 Å². The average molecular weight is 462 g/mol. The van der Waals surface area contributed by atoms with E-state index in [0.29, 0.717) is 0 Å². The fourth-order valence-corrected chi connectivity index (χ4v) is 4.46. The third-order valence-electron chi connectivity index (χ3n) is 4.92. The van der Waals surface area contributed by atoms with Gasteiger partial charge in [0.05, 0.1) is 0 Å². The molecule has 0 amide bonds. The Labute approximate surface area is 168 Å². The number of benzene rings is 5. The molecule has 0 aromatic heterocycles. The quantitative estimate of drug-likeness (QED) is 0.220. The van der Waals surface area contributed by atoms with Crippen LogP contribution in [-0.4, -0.2) is 0 Å². The van der Waals surface area contributed by atoms with Crippen LogP contribution < -0.4 is 0 Å². The van der Waals surface area contributed by atoms with Crippen molar-refractivity contribution < 1.29 is 0 Å². The molecule has 0 aliphatic heterocycles. The van der Waals surface area contributed by atoms with Crippen LogP contribution in [0.4, 0.5) is 0 Å². The molecule has 0 N–H and O–H groups in total. The van der Waals surface area contributed by atoms with Crippen molar-refractivity contribution in [3.8, 4) is 11.1 Å². The van der Waals surface area contributed by atoms with Gasteiger partial charge in [0.2, 0.25) is 0 Å². The van der Waals surface area contributed by atoms with Gasteiger partial charge >= 0.3 is 0 Å². The highest BCUT2D eigenvalue weighted by atomic mass is 79.9. The Kier molecular flexibility index (Phi) is 3.84. The van der Waals surface area contributed by atoms with E-state index >= 15 is 0 Å². The van der Waals surface area contributed by atoms with Crippen LogP contribution in [0.25, 0.3) is 43.4 Å². The lowest BCUT2D eigenvalue weighted by atomic mass is 9.91. The van der Waals surface area contributed by atoms with E-state index in [1.807, 2.05) is 0 Å². The van der Waals surface area contributed by atoms with E-state index in [1.165, 1.54) is 43.4 Å². The summed E-state index contributed by atoms with van der Waals surface area (Å²) in [5, 5.41) is 7.57. The Morgan fingerprint density at radius 3 is 2.08 bits per heavy atom. The lowest BCUT2D eigenvalue weighted by molar-refractivity contribution is 1.67. The minimum absolute atomic E-state index is 1.10. The minimum atomic E-state index is 1.10. The lowest BCUT2D eigenvalue weighted by Crippen LogP contribution is -1.87. The monoisotopic (exact) mass is 460 g/mol. The standard InChI is InChI=1S/C24H14Br2/c25-20-9-10-22-19(13-20)12-17-7-8-21(26)14-23(17)24(22)18-6-5-15-3-1-2-4-16(15)11-18/h1-14H. The Morgan fingerprint density at radius 1 is 0.462 bits per heavy atom.